The van der Waals surface area contributed by atoms with Gasteiger partial charge in [0.05, 0.1) is 5.56 Å². The quantitative estimate of drug-likeness (QED) is 0.837. The van der Waals surface area contributed by atoms with E-state index in [4.69, 9.17) is 10.8 Å². The zero-order valence-electron chi connectivity index (χ0n) is 6.55. The van der Waals surface area contributed by atoms with Crippen LogP contribution in [0.15, 0.2) is 16.6 Å². The van der Waals surface area contributed by atoms with Crippen molar-refractivity contribution in [3.8, 4) is 0 Å². The zero-order chi connectivity index (χ0) is 10.0. The highest BCUT2D eigenvalue weighted by Crippen LogP contribution is 2.20. The summed E-state index contributed by atoms with van der Waals surface area (Å²) >= 11 is 3.08. The van der Waals surface area contributed by atoms with Crippen molar-refractivity contribution in [1.82, 2.24) is 0 Å². The summed E-state index contributed by atoms with van der Waals surface area (Å²) in [7, 11) is 0. The van der Waals surface area contributed by atoms with E-state index >= 15 is 0 Å². The molecule has 1 rings (SSSR count). The molecule has 3 N–H and O–H groups in total. The van der Waals surface area contributed by atoms with Crippen molar-refractivity contribution in [3.05, 3.63) is 33.5 Å². The van der Waals surface area contributed by atoms with Gasteiger partial charge in [-0.3, -0.25) is 0 Å². The molecule has 0 aliphatic carbocycles. The maximum Gasteiger partial charge on any atom is 0.338 e. The summed E-state index contributed by atoms with van der Waals surface area (Å²) in [5, 5.41) is 8.58. The minimum absolute atomic E-state index is 0.168. The Kier molecular flexibility index (Phi) is 3.00. The fourth-order valence-corrected chi connectivity index (χ4v) is 1.39. The molecule has 0 aliphatic heterocycles. The Morgan fingerprint density at radius 2 is 2.23 bits per heavy atom. The number of benzene rings is 1. The van der Waals surface area contributed by atoms with Crippen molar-refractivity contribution in [1.29, 1.82) is 0 Å². The molecule has 0 atom stereocenters. The summed E-state index contributed by atoms with van der Waals surface area (Å²) in [6.45, 7) is 0.168. The highest BCUT2D eigenvalue weighted by atomic mass is 79.9. The molecule has 0 heterocycles. The summed E-state index contributed by atoms with van der Waals surface area (Å²) in [4.78, 5) is 10.5. The summed E-state index contributed by atoms with van der Waals surface area (Å²) in [6, 6.07) is 2.33. The predicted octanol–water partition coefficient (Wildman–Crippen LogP) is 1.75. The summed E-state index contributed by atoms with van der Waals surface area (Å²) < 4.78 is 13.4. The van der Waals surface area contributed by atoms with Crippen molar-refractivity contribution in [2.75, 3.05) is 0 Å². The van der Waals surface area contributed by atoms with Crippen LogP contribution in [0.1, 0.15) is 15.9 Å². The Hall–Kier alpha value is -0.940. The molecule has 5 heteroatoms. The number of halogens is 2. The number of nitrogens with two attached hydrogens (primary N) is 1. The molecule has 0 aliphatic rings. The molecule has 1 aromatic carbocycles. The van der Waals surface area contributed by atoms with E-state index in [-0.39, 0.29) is 12.1 Å². The number of rotatable bonds is 2. The Morgan fingerprint density at radius 3 is 2.69 bits per heavy atom. The van der Waals surface area contributed by atoms with Gasteiger partial charge in [-0.05, 0) is 17.7 Å². The lowest BCUT2D eigenvalue weighted by molar-refractivity contribution is 0.0691. The van der Waals surface area contributed by atoms with Crippen molar-refractivity contribution in [2.45, 2.75) is 6.54 Å². The molecule has 0 bridgehead atoms. The molecule has 1 aromatic rings. The first kappa shape index (κ1) is 10.1. The van der Waals surface area contributed by atoms with Gasteiger partial charge in [0.15, 0.2) is 0 Å². The third-order valence-corrected chi connectivity index (χ3v) is 2.32. The van der Waals surface area contributed by atoms with Gasteiger partial charge >= 0.3 is 5.97 Å². The zero-order valence-corrected chi connectivity index (χ0v) is 8.14. The third kappa shape index (κ3) is 2.05. The van der Waals surface area contributed by atoms with Crippen LogP contribution >= 0.6 is 15.9 Å². The number of carboxylic acids is 1. The third-order valence-electron chi connectivity index (χ3n) is 1.59. The van der Waals surface area contributed by atoms with Crippen LogP contribution in [0, 0.1) is 5.82 Å². The second kappa shape index (κ2) is 3.85. The normalized spacial score (nSPS) is 10.1. The Bertz CT molecular complexity index is 354. The van der Waals surface area contributed by atoms with Crippen LogP contribution in [0.4, 0.5) is 4.39 Å². The minimum atomic E-state index is -1.29. The average molecular weight is 248 g/mol. The van der Waals surface area contributed by atoms with Gasteiger partial charge in [-0.1, -0.05) is 15.9 Å². The number of carboxylic acid groups (broad SMARTS) is 1. The lowest BCUT2D eigenvalue weighted by Gasteiger charge is -2.03. The fourth-order valence-electron chi connectivity index (χ4n) is 0.914. The van der Waals surface area contributed by atoms with Crippen LogP contribution in [0.5, 0.6) is 0 Å². The SMILES string of the molecule is NCc1cc(C(=O)O)c(F)cc1Br. The number of hydrogen-bond acceptors (Lipinski definition) is 2. The lowest BCUT2D eigenvalue weighted by atomic mass is 10.1. The molecule has 70 valence electrons. The van der Waals surface area contributed by atoms with Crippen molar-refractivity contribution < 1.29 is 14.3 Å². The molecular formula is C8H7BrFNO2. The largest absolute Gasteiger partial charge is 0.478 e. The van der Waals surface area contributed by atoms with E-state index in [9.17, 15) is 9.18 Å². The lowest BCUT2D eigenvalue weighted by Crippen LogP contribution is -2.05. The summed E-state index contributed by atoms with van der Waals surface area (Å²) in [5.74, 6) is -2.06. The van der Waals surface area contributed by atoms with Crippen molar-refractivity contribution >= 4 is 21.9 Å². The molecule has 0 aromatic heterocycles. The van der Waals surface area contributed by atoms with Crippen LogP contribution < -0.4 is 5.73 Å². The van der Waals surface area contributed by atoms with Crippen LogP contribution in [0.3, 0.4) is 0 Å². The fraction of sp³-hybridized carbons (Fsp3) is 0.125. The Balaban J connectivity index is 3.30. The maximum atomic E-state index is 13.0. The van der Waals surface area contributed by atoms with E-state index in [1.165, 1.54) is 6.07 Å². The Morgan fingerprint density at radius 1 is 1.62 bits per heavy atom. The van der Waals surface area contributed by atoms with Crippen LogP contribution in [-0.4, -0.2) is 11.1 Å². The molecule has 0 saturated heterocycles. The first-order valence-electron chi connectivity index (χ1n) is 3.47. The van der Waals surface area contributed by atoms with Crippen LogP contribution in [-0.2, 0) is 6.54 Å². The molecule has 0 unspecified atom stereocenters. The molecule has 0 amide bonds. The van der Waals surface area contributed by atoms with E-state index in [2.05, 4.69) is 15.9 Å². The molecule has 0 spiro atoms. The average Bonchev–Trinajstić information content (AvgIpc) is 2.03. The molecule has 13 heavy (non-hydrogen) atoms. The van der Waals surface area contributed by atoms with Gasteiger partial charge in [-0.15, -0.1) is 0 Å². The van der Waals surface area contributed by atoms with Crippen LogP contribution in [0.25, 0.3) is 0 Å². The van der Waals surface area contributed by atoms with E-state index in [0.717, 1.165) is 6.07 Å². The number of carbonyl (C=O) groups is 1. The molecule has 0 radical (unpaired) electrons. The maximum absolute atomic E-state index is 13.0. The van der Waals surface area contributed by atoms with E-state index in [0.29, 0.717) is 10.0 Å². The Labute approximate surface area is 82.5 Å². The number of hydrogen-bond donors (Lipinski definition) is 2. The molecular weight excluding hydrogens is 241 g/mol. The second-order valence-electron chi connectivity index (χ2n) is 2.43. The first-order chi connectivity index (χ1) is 6.06. The van der Waals surface area contributed by atoms with Gasteiger partial charge in [0.2, 0.25) is 0 Å². The highest BCUT2D eigenvalue weighted by molar-refractivity contribution is 9.10. The smallest absolute Gasteiger partial charge is 0.338 e. The standard InChI is InChI=1S/C8H7BrFNO2/c9-6-2-7(10)5(8(12)13)1-4(6)3-11/h1-2H,3,11H2,(H,12,13). The predicted molar refractivity (Wildman–Crippen MR) is 49.0 cm³/mol. The minimum Gasteiger partial charge on any atom is -0.478 e. The van der Waals surface area contributed by atoms with E-state index in [1.54, 1.807) is 0 Å². The highest BCUT2D eigenvalue weighted by Gasteiger charge is 2.12. The van der Waals surface area contributed by atoms with Gasteiger partial charge in [0, 0.05) is 11.0 Å². The monoisotopic (exact) mass is 247 g/mol. The van der Waals surface area contributed by atoms with Gasteiger partial charge < -0.3 is 10.8 Å². The second-order valence-corrected chi connectivity index (χ2v) is 3.29. The molecule has 0 saturated carbocycles. The van der Waals surface area contributed by atoms with Crippen molar-refractivity contribution in [3.63, 3.8) is 0 Å². The topological polar surface area (TPSA) is 63.3 Å². The van der Waals surface area contributed by atoms with Crippen LogP contribution in [0.2, 0.25) is 0 Å². The summed E-state index contributed by atoms with van der Waals surface area (Å²) in [5.41, 5.74) is 5.53. The van der Waals surface area contributed by atoms with Gasteiger partial charge in [-0.2, -0.15) is 0 Å². The van der Waals surface area contributed by atoms with Gasteiger partial charge in [0.25, 0.3) is 0 Å². The van der Waals surface area contributed by atoms with E-state index < -0.39 is 11.8 Å². The molecule has 0 fully saturated rings. The molecule has 3 nitrogen and oxygen atoms in total. The van der Waals surface area contributed by atoms with Crippen molar-refractivity contribution in [2.24, 2.45) is 5.73 Å². The number of aromatic carboxylic acids is 1. The van der Waals surface area contributed by atoms with Gasteiger partial charge in [-0.25, -0.2) is 9.18 Å². The summed E-state index contributed by atoms with van der Waals surface area (Å²) in [6.07, 6.45) is 0. The van der Waals surface area contributed by atoms with E-state index in [1.807, 2.05) is 0 Å². The first-order valence-corrected chi connectivity index (χ1v) is 4.27. The van der Waals surface area contributed by atoms with Gasteiger partial charge in [0.1, 0.15) is 5.82 Å².